The predicted octanol–water partition coefficient (Wildman–Crippen LogP) is 2.69. The number of carboxylic acids is 1. The molecule has 1 aliphatic rings. The quantitative estimate of drug-likeness (QED) is 0.662. The zero-order chi connectivity index (χ0) is 23.1. The Morgan fingerprint density at radius 3 is 2.62 bits per heavy atom. The highest BCUT2D eigenvalue weighted by molar-refractivity contribution is 5.73. The Balaban J connectivity index is 0.000000360. The van der Waals surface area contributed by atoms with Gasteiger partial charge in [-0.15, -0.1) is 0 Å². The summed E-state index contributed by atoms with van der Waals surface area (Å²) in [6, 6.07) is 12.0. The van der Waals surface area contributed by atoms with E-state index in [2.05, 4.69) is 31.7 Å². The van der Waals surface area contributed by atoms with Crippen LogP contribution in [0.2, 0.25) is 0 Å². The molecule has 1 aromatic carbocycles. The van der Waals surface area contributed by atoms with Crippen molar-refractivity contribution in [2.75, 3.05) is 13.1 Å². The van der Waals surface area contributed by atoms with Gasteiger partial charge in [-0.3, -0.25) is 9.58 Å². The first-order chi connectivity index (χ1) is 15.3. The van der Waals surface area contributed by atoms with Crippen LogP contribution in [0.4, 0.5) is 13.2 Å². The van der Waals surface area contributed by atoms with E-state index >= 15 is 0 Å². The first-order valence-electron chi connectivity index (χ1n) is 9.78. The van der Waals surface area contributed by atoms with Crippen molar-refractivity contribution in [3.8, 4) is 6.07 Å². The predicted molar refractivity (Wildman–Crippen MR) is 107 cm³/mol. The topological polar surface area (TPSA) is 100.0 Å². The standard InChI is InChI=1S/C19H20N6.C2HF3O2/c20-12-16-3-1-4-17(11-16)14-23-8-5-19-21-13-18(25(19)10-9-23)15-24-7-2-6-22-24;3-2(4,5)1(6)7/h1-4,6-7,11,13H,5,8-10,14-15H2;(H,6,7). The van der Waals surface area contributed by atoms with Crippen molar-refractivity contribution in [2.45, 2.75) is 32.2 Å². The molecule has 0 fully saturated rings. The number of benzene rings is 1. The summed E-state index contributed by atoms with van der Waals surface area (Å²) in [5.41, 5.74) is 3.11. The van der Waals surface area contributed by atoms with Gasteiger partial charge in [-0.1, -0.05) is 12.1 Å². The average molecular weight is 446 g/mol. The first kappa shape index (κ1) is 23.0. The third-order valence-electron chi connectivity index (χ3n) is 4.90. The van der Waals surface area contributed by atoms with Gasteiger partial charge in [0.25, 0.3) is 0 Å². The second kappa shape index (κ2) is 10.1. The van der Waals surface area contributed by atoms with Crippen molar-refractivity contribution in [2.24, 2.45) is 0 Å². The summed E-state index contributed by atoms with van der Waals surface area (Å²) in [6.45, 7) is 4.52. The van der Waals surface area contributed by atoms with Crippen LogP contribution in [-0.2, 0) is 30.8 Å². The molecule has 0 aliphatic carbocycles. The lowest BCUT2D eigenvalue weighted by Crippen LogP contribution is -2.26. The number of nitrogens with zero attached hydrogens (tertiary/aromatic N) is 6. The summed E-state index contributed by atoms with van der Waals surface area (Å²) in [6.07, 6.45) is 1.61. The SMILES string of the molecule is N#Cc1cccc(CN2CCc3ncc(Cn4cccn4)n3CC2)c1.O=C(O)C(F)(F)F. The molecule has 1 N–H and O–H groups in total. The summed E-state index contributed by atoms with van der Waals surface area (Å²) in [5, 5.41) is 20.5. The van der Waals surface area contributed by atoms with Crippen molar-refractivity contribution in [1.29, 1.82) is 5.26 Å². The van der Waals surface area contributed by atoms with Crippen molar-refractivity contribution in [3.63, 3.8) is 0 Å². The molecule has 4 rings (SSSR count). The van der Waals surface area contributed by atoms with E-state index in [0.717, 1.165) is 50.5 Å². The number of rotatable bonds is 4. The van der Waals surface area contributed by atoms with Crippen LogP contribution in [0.1, 0.15) is 22.6 Å². The first-order valence-corrected chi connectivity index (χ1v) is 9.78. The Kier molecular flexibility index (Phi) is 7.27. The summed E-state index contributed by atoms with van der Waals surface area (Å²) in [4.78, 5) is 15.9. The fraction of sp³-hybridized carbons (Fsp3) is 0.333. The minimum Gasteiger partial charge on any atom is -0.475 e. The molecule has 32 heavy (non-hydrogen) atoms. The highest BCUT2D eigenvalue weighted by Gasteiger charge is 2.38. The number of nitriles is 1. The molecule has 8 nitrogen and oxygen atoms in total. The Morgan fingerprint density at radius 1 is 1.19 bits per heavy atom. The van der Waals surface area contributed by atoms with Gasteiger partial charge in [0.1, 0.15) is 5.82 Å². The Bertz CT molecular complexity index is 1090. The molecular formula is C21H21F3N6O2. The maximum Gasteiger partial charge on any atom is 0.490 e. The van der Waals surface area contributed by atoms with Crippen LogP contribution < -0.4 is 0 Å². The van der Waals surface area contributed by atoms with Crippen LogP contribution in [0.15, 0.2) is 48.9 Å². The van der Waals surface area contributed by atoms with Crippen LogP contribution in [0.5, 0.6) is 0 Å². The smallest absolute Gasteiger partial charge is 0.475 e. The van der Waals surface area contributed by atoms with Crippen LogP contribution in [-0.4, -0.2) is 54.6 Å². The number of halogens is 3. The third kappa shape index (κ3) is 6.18. The lowest BCUT2D eigenvalue weighted by Gasteiger charge is -2.19. The molecule has 0 saturated heterocycles. The van der Waals surface area contributed by atoms with Crippen LogP contribution >= 0.6 is 0 Å². The van der Waals surface area contributed by atoms with E-state index < -0.39 is 12.1 Å². The fourth-order valence-electron chi connectivity index (χ4n) is 3.38. The minimum absolute atomic E-state index is 0.724. The van der Waals surface area contributed by atoms with Gasteiger partial charge in [0, 0.05) is 45.0 Å². The van der Waals surface area contributed by atoms with Crippen LogP contribution in [0.25, 0.3) is 0 Å². The van der Waals surface area contributed by atoms with Gasteiger partial charge in [0.05, 0.1) is 30.1 Å². The number of aromatic nitrogens is 4. The summed E-state index contributed by atoms with van der Waals surface area (Å²) >= 11 is 0. The van der Waals surface area contributed by atoms with Gasteiger partial charge in [0.15, 0.2) is 0 Å². The highest BCUT2D eigenvalue weighted by atomic mass is 19.4. The molecule has 0 radical (unpaired) electrons. The van der Waals surface area contributed by atoms with E-state index in [1.165, 1.54) is 11.3 Å². The Labute approximate surface area is 182 Å². The second-order valence-electron chi connectivity index (χ2n) is 7.16. The fourth-order valence-corrected chi connectivity index (χ4v) is 3.38. The molecule has 0 atom stereocenters. The zero-order valence-corrected chi connectivity index (χ0v) is 17.0. The van der Waals surface area contributed by atoms with E-state index in [0.29, 0.717) is 0 Å². The number of fused-ring (bicyclic) bond motifs is 1. The largest absolute Gasteiger partial charge is 0.490 e. The van der Waals surface area contributed by atoms with Crippen molar-refractivity contribution in [3.05, 3.63) is 71.6 Å². The molecule has 3 aromatic rings. The van der Waals surface area contributed by atoms with E-state index in [9.17, 15) is 13.2 Å². The van der Waals surface area contributed by atoms with Crippen molar-refractivity contribution < 1.29 is 23.1 Å². The Hall–Kier alpha value is -3.65. The number of imidazole rings is 1. The third-order valence-corrected chi connectivity index (χ3v) is 4.90. The molecule has 0 amide bonds. The number of aliphatic carboxylic acids is 1. The zero-order valence-electron chi connectivity index (χ0n) is 17.0. The summed E-state index contributed by atoms with van der Waals surface area (Å²) < 4.78 is 36.0. The number of hydrogen-bond acceptors (Lipinski definition) is 5. The van der Waals surface area contributed by atoms with E-state index in [4.69, 9.17) is 15.2 Å². The molecule has 168 valence electrons. The van der Waals surface area contributed by atoms with Crippen molar-refractivity contribution in [1.82, 2.24) is 24.2 Å². The highest BCUT2D eigenvalue weighted by Crippen LogP contribution is 2.15. The van der Waals surface area contributed by atoms with Gasteiger partial charge in [-0.25, -0.2) is 9.78 Å². The van der Waals surface area contributed by atoms with E-state index in [1.54, 1.807) is 6.20 Å². The van der Waals surface area contributed by atoms with Crippen LogP contribution in [0, 0.1) is 11.3 Å². The number of hydrogen-bond donors (Lipinski definition) is 1. The molecule has 0 saturated carbocycles. The second-order valence-corrected chi connectivity index (χ2v) is 7.16. The maximum atomic E-state index is 10.6. The molecule has 11 heteroatoms. The lowest BCUT2D eigenvalue weighted by atomic mass is 10.1. The van der Waals surface area contributed by atoms with Gasteiger partial charge in [-0.2, -0.15) is 23.5 Å². The lowest BCUT2D eigenvalue weighted by molar-refractivity contribution is -0.192. The van der Waals surface area contributed by atoms with E-state index in [1.807, 2.05) is 41.3 Å². The van der Waals surface area contributed by atoms with Gasteiger partial charge in [-0.05, 0) is 23.8 Å². The summed E-state index contributed by atoms with van der Waals surface area (Å²) in [5.74, 6) is -1.61. The molecule has 1 aliphatic heterocycles. The average Bonchev–Trinajstić information content (AvgIpc) is 3.35. The molecular weight excluding hydrogens is 425 g/mol. The molecule has 0 bridgehead atoms. The van der Waals surface area contributed by atoms with Crippen molar-refractivity contribution >= 4 is 5.97 Å². The molecule has 0 unspecified atom stereocenters. The monoisotopic (exact) mass is 446 g/mol. The minimum atomic E-state index is -5.08. The Morgan fingerprint density at radius 2 is 1.97 bits per heavy atom. The number of alkyl halides is 3. The maximum absolute atomic E-state index is 10.6. The molecule has 0 spiro atoms. The molecule has 3 heterocycles. The molecule has 2 aromatic heterocycles. The van der Waals surface area contributed by atoms with E-state index in [-0.39, 0.29) is 0 Å². The number of carboxylic acid groups (broad SMARTS) is 1. The van der Waals surface area contributed by atoms with Gasteiger partial charge in [0.2, 0.25) is 0 Å². The summed E-state index contributed by atoms with van der Waals surface area (Å²) in [7, 11) is 0. The van der Waals surface area contributed by atoms with Crippen LogP contribution in [0.3, 0.4) is 0 Å². The van der Waals surface area contributed by atoms with Gasteiger partial charge < -0.3 is 9.67 Å². The normalized spacial score (nSPS) is 13.9. The number of carbonyl (C=O) groups is 1. The van der Waals surface area contributed by atoms with Gasteiger partial charge >= 0.3 is 12.1 Å².